The number of methoxy groups -OCH3 is 4. The molecule has 2 amide bonds. The maximum Gasteiger partial charge on any atom is 0.255 e. The number of nitriles is 2. The van der Waals surface area contributed by atoms with E-state index in [0.717, 1.165) is 90.9 Å². The topological polar surface area (TPSA) is 308 Å². The Kier molecular flexibility index (Phi) is 24.4. The molecule has 2 aromatic carbocycles. The van der Waals surface area contributed by atoms with Crippen molar-refractivity contribution in [3.05, 3.63) is 93.0 Å². The van der Waals surface area contributed by atoms with Gasteiger partial charge in [-0.1, -0.05) is 23.2 Å². The summed E-state index contributed by atoms with van der Waals surface area (Å²) in [5.41, 5.74) is 15.1. The summed E-state index contributed by atoms with van der Waals surface area (Å²) in [6.45, 7) is 7.79. The smallest absolute Gasteiger partial charge is 0.255 e. The zero-order chi connectivity index (χ0) is 50.4. The van der Waals surface area contributed by atoms with Gasteiger partial charge in [-0.05, 0) is 76.8 Å². The van der Waals surface area contributed by atoms with Gasteiger partial charge in [0.1, 0.15) is 23.6 Å². The number of halogens is 2. The van der Waals surface area contributed by atoms with Crippen molar-refractivity contribution in [3.8, 4) is 23.6 Å². The van der Waals surface area contributed by atoms with Crippen molar-refractivity contribution >= 4 is 46.4 Å². The molecule has 23 heteroatoms. The Bertz CT molecular complexity index is 2260. The number of amides is 2. The maximum absolute atomic E-state index is 12.9. The summed E-state index contributed by atoms with van der Waals surface area (Å²) >= 11 is 12.2. The number of nitrogens with zero attached hydrogens (tertiary/aromatic N) is 8. The molecule has 4 aromatic rings. The summed E-state index contributed by atoms with van der Waals surface area (Å²) in [6, 6.07) is 10.0. The van der Waals surface area contributed by atoms with Gasteiger partial charge in [0.25, 0.3) is 11.8 Å². The van der Waals surface area contributed by atoms with Crippen LogP contribution in [-0.2, 0) is 22.6 Å². The van der Waals surface area contributed by atoms with E-state index < -0.39 is 0 Å². The maximum atomic E-state index is 12.9. The number of carbonyl (C=O) groups is 2. The molecule has 21 nitrogen and oxygen atoms in total. The molecule has 2 aliphatic rings. The van der Waals surface area contributed by atoms with E-state index in [1.807, 2.05) is 0 Å². The highest BCUT2D eigenvalue weighted by Gasteiger charge is 2.33. The lowest BCUT2D eigenvalue weighted by Crippen LogP contribution is -2.54. The van der Waals surface area contributed by atoms with E-state index in [0.29, 0.717) is 79.9 Å². The minimum absolute atomic E-state index is 0. The van der Waals surface area contributed by atoms with Crippen molar-refractivity contribution in [2.45, 2.75) is 75.9 Å². The molecule has 4 unspecified atom stereocenters. The molecule has 0 bridgehead atoms. The van der Waals surface area contributed by atoms with Crippen LogP contribution in [0, 0.1) is 22.7 Å². The average molecular weight is 1020 g/mol. The Labute approximate surface area is 425 Å². The highest BCUT2D eigenvalue weighted by molar-refractivity contribution is 6.34. The lowest BCUT2D eigenvalue weighted by atomic mass is 10.0. The van der Waals surface area contributed by atoms with Crippen molar-refractivity contribution < 1.29 is 34.0 Å². The zero-order valence-electron chi connectivity index (χ0n) is 40.7. The van der Waals surface area contributed by atoms with Gasteiger partial charge in [-0.2, -0.15) is 10.5 Å². The van der Waals surface area contributed by atoms with Crippen LogP contribution in [-0.4, -0.2) is 152 Å². The van der Waals surface area contributed by atoms with Crippen LogP contribution < -0.4 is 42.2 Å². The van der Waals surface area contributed by atoms with Crippen LogP contribution in [0.2, 0.25) is 10.0 Å². The third-order valence-electron chi connectivity index (χ3n) is 12.2. The Morgan fingerprint density at radius 2 is 1.06 bits per heavy atom. The summed E-state index contributed by atoms with van der Waals surface area (Å²) in [7, 11) is 6.31. The number of piperidine rings is 2. The first-order valence-electron chi connectivity index (χ1n) is 23.1. The van der Waals surface area contributed by atoms with E-state index in [9.17, 15) is 9.59 Å². The molecule has 4 heterocycles. The fraction of sp³-hybridized carbons (Fsp3) is 0.500. The number of nitrogens with one attached hydrogen (secondary N) is 4. The van der Waals surface area contributed by atoms with Gasteiger partial charge < -0.3 is 67.0 Å². The summed E-state index contributed by atoms with van der Waals surface area (Å²) < 4.78 is 22.0. The summed E-state index contributed by atoms with van der Waals surface area (Å²) in [5.74, 6) is 0.233. The minimum atomic E-state index is -0.266. The van der Waals surface area contributed by atoms with Gasteiger partial charge in [0, 0.05) is 90.4 Å². The molecule has 0 saturated carbocycles. The molecule has 2 fully saturated rings. The van der Waals surface area contributed by atoms with E-state index in [1.165, 1.54) is 38.7 Å². The van der Waals surface area contributed by atoms with Crippen LogP contribution in [0.25, 0.3) is 0 Å². The Morgan fingerprint density at radius 1 is 0.662 bits per heavy atom. The molecule has 0 spiro atoms. The highest BCUT2D eigenvalue weighted by atomic mass is 35.5. The largest absolute Gasteiger partial charge is 0.496 e. The number of benzene rings is 2. The van der Waals surface area contributed by atoms with Crippen molar-refractivity contribution in [2.24, 2.45) is 0 Å². The number of carbonyl (C=O) groups excluding carboxylic acids is 2. The fourth-order valence-electron chi connectivity index (χ4n) is 8.26. The zero-order valence-corrected chi connectivity index (χ0v) is 42.2. The first kappa shape index (κ1) is 57.6. The van der Waals surface area contributed by atoms with Crippen LogP contribution in [0.15, 0.2) is 49.1 Å². The number of aromatic nitrogens is 4. The molecule has 10 N–H and O–H groups in total. The lowest BCUT2D eigenvalue weighted by Gasteiger charge is -2.38. The molecule has 2 aromatic heterocycles. The first-order valence-corrected chi connectivity index (χ1v) is 23.9. The molecule has 4 atom stereocenters. The number of anilines is 2. The molecule has 6 rings (SSSR count). The predicted octanol–water partition coefficient (Wildman–Crippen LogP) is 3.14. The van der Waals surface area contributed by atoms with Crippen LogP contribution >= 0.6 is 23.2 Å². The van der Waals surface area contributed by atoms with E-state index in [2.05, 4.69) is 63.1 Å². The number of unbranched alkanes of at least 4 members (excludes halogenated alkanes) is 2. The van der Waals surface area contributed by atoms with Crippen LogP contribution in [0.4, 0.5) is 11.4 Å². The molecular formula is C48H66Cl2N14O7. The molecule has 2 saturated heterocycles. The fourth-order valence-corrected chi connectivity index (χ4v) is 8.59. The van der Waals surface area contributed by atoms with Crippen molar-refractivity contribution in [1.82, 2.24) is 51.0 Å². The van der Waals surface area contributed by atoms with Crippen LogP contribution in [0.1, 0.15) is 82.0 Å². The molecule has 0 aliphatic carbocycles. The molecule has 71 heavy (non-hydrogen) atoms. The van der Waals surface area contributed by atoms with Gasteiger partial charge in [-0.3, -0.25) is 19.6 Å². The summed E-state index contributed by atoms with van der Waals surface area (Å²) in [5, 5.41) is 31.6. The number of rotatable bonds is 22. The SMILES string of the molecule is COc1cc(N)c(Cl)cc1C(=O)NC1CCN(CCCCNCc2nccnc2C#N)CC1OC.COc1cc(N)c(Cl)cc1C(=O)NC1CCN(CCCCNCc2nccnc2C#N)CC1OC.O. The number of nitrogens with two attached hydrogens (primary N) is 2. The number of nitrogen functional groups attached to an aromatic ring is 2. The van der Waals surface area contributed by atoms with E-state index in [4.69, 9.17) is 64.1 Å². The number of hydrogen-bond donors (Lipinski definition) is 6. The number of ether oxygens (including phenoxy) is 4. The second-order valence-corrected chi connectivity index (χ2v) is 17.5. The number of hydrogen-bond acceptors (Lipinski definition) is 18. The molecule has 2 aliphatic heterocycles. The Balaban J connectivity index is 0.000000304. The van der Waals surface area contributed by atoms with Gasteiger partial charge in [-0.15, -0.1) is 0 Å². The van der Waals surface area contributed by atoms with Crippen molar-refractivity contribution in [3.63, 3.8) is 0 Å². The number of likely N-dealkylation sites (tertiary alicyclic amines) is 2. The molecule has 0 radical (unpaired) electrons. The van der Waals surface area contributed by atoms with E-state index in [1.54, 1.807) is 38.7 Å². The predicted molar refractivity (Wildman–Crippen MR) is 270 cm³/mol. The van der Waals surface area contributed by atoms with Crippen LogP contribution in [0.3, 0.4) is 0 Å². The molecule has 384 valence electrons. The molecular weight excluding hydrogens is 956 g/mol. The second-order valence-electron chi connectivity index (χ2n) is 16.7. The monoisotopic (exact) mass is 1020 g/mol. The minimum Gasteiger partial charge on any atom is -0.496 e. The van der Waals surface area contributed by atoms with Crippen molar-refractivity contribution in [2.75, 3.05) is 92.3 Å². The highest BCUT2D eigenvalue weighted by Crippen LogP contribution is 2.31. The van der Waals surface area contributed by atoms with E-state index in [-0.39, 0.29) is 41.6 Å². The second kappa shape index (κ2) is 30.0. The average Bonchev–Trinajstić information content (AvgIpc) is 3.38. The lowest BCUT2D eigenvalue weighted by molar-refractivity contribution is 0.00601. The van der Waals surface area contributed by atoms with Gasteiger partial charge in [0.15, 0.2) is 11.4 Å². The van der Waals surface area contributed by atoms with Gasteiger partial charge in [0.05, 0.1) is 82.4 Å². The normalized spacial score (nSPS) is 17.9. The third-order valence-corrected chi connectivity index (χ3v) is 12.8. The third kappa shape index (κ3) is 17.1. The quantitative estimate of drug-likeness (QED) is 0.0487. The Hall–Kier alpha value is -5.98. The van der Waals surface area contributed by atoms with Gasteiger partial charge in [-0.25, -0.2) is 9.97 Å². The summed E-state index contributed by atoms with van der Waals surface area (Å²) in [6.07, 6.45) is 11.6. The van der Waals surface area contributed by atoms with Gasteiger partial charge in [0.2, 0.25) is 0 Å². The van der Waals surface area contributed by atoms with Crippen molar-refractivity contribution in [1.29, 1.82) is 10.5 Å². The van der Waals surface area contributed by atoms with Gasteiger partial charge >= 0.3 is 0 Å². The first-order chi connectivity index (χ1) is 33.9. The standard InChI is InChI=1S/2C24H32ClN7O3.H2O/c2*1-34-22-12-18(27)17(25)11-16(22)24(33)31-19-5-10-32(15-23(19)35-2)9-4-3-6-28-14-21-20(13-26)29-7-8-30-21;/h2*7-8,11-12,19,23,28H,3-6,9-10,14-15,27H2,1-2H3,(H,31,33);1H2. The summed E-state index contributed by atoms with van der Waals surface area (Å²) in [4.78, 5) is 47.0. The Morgan fingerprint density at radius 3 is 1.42 bits per heavy atom. The van der Waals surface area contributed by atoms with E-state index >= 15 is 0 Å². The van der Waals surface area contributed by atoms with Crippen LogP contribution in [0.5, 0.6) is 11.5 Å².